The molecule has 0 saturated heterocycles. The minimum Gasteiger partial charge on any atom is -0.465 e. The second-order valence-corrected chi connectivity index (χ2v) is 5.84. The summed E-state index contributed by atoms with van der Waals surface area (Å²) in [5.74, 6) is -1.38. The van der Waals surface area contributed by atoms with Gasteiger partial charge in [0.1, 0.15) is 11.8 Å². The molecule has 0 amide bonds. The van der Waals surface area contributed by atoms with E-state index in [1.165, 1.54) is 19.2 Å². The van der Waals surface area contributed by atoms with Crippen molar-refractivity contribution >= 4 is 29.1 Å². The van der Waals surface area contributed by atoms with Crippen molar-refractivity contribution in [2.75, 3.05) is 19.2 Å². The molecule has 7 heteroatoms. The van der Waals surface area contributed by atoms with Crippen LogP contribution in [0.3, 0.4) is 0 Å². The molecule has 0 bridgehead atoms. The smallest absolute Gasteiger partial charge is 0.354 e. The first-order valence-electron chi connectivity index (χ1n) is 8.28. The number of anilines is 1. The van der Waals surface area contributed by atoms with Crippen LogP contribution >= 0.6 is 0 Å². The maximum atomic E-state index is 13.1. The Balaban J connectivity index is 2.06. The highest BCUT2D eigenvalue weighted by molar-refractivity contribution is 6.38. The Kier molecular flexibility index (Phi) is 5.30. The number of ether oxygens (including phenoxy) is 2. The van der Waals surface area contributed by atoms with E-state index < -0.39 is 18.0 Å². The normalized spacial score (nSPS) is 15.9. The van der Waals surface area contributed by atoms with Crippen molar-refractivity contribution in [3.8, 4) is 0 Å². The third-order valence-electron chi connectivity index (χ3n) is 4.25. The van der Waals surface area contributed by atoms with Gasteiger partial charge in [0, 0.05) is 12.0 Å². The molecule has 3 rings (SSSR count). The van der Waals surface area contributed by atoms with E-state index in [2.05, 4.69) is 5.10 Å². The fourth-order valence-corrected chi connectivity index (χ4v) is 2.93. The molecule has 1 unspecified atom stereocenters. The number of esters is 2. The predicted molar refractivity (Wildman–Crippen MR) is 98.9 cm³/mol. The summed E-state index contributed by atoms with van der Waals surface area (Å²) in [5, 5.41) is 5.68. The maximum Gasteiger partial charge on any atom is 0.354 e. The Morgan fingerprint density at radius 1 is 0.926 bits per heavy atom. The van der Waals surface area contributed by atoms with Gasteiger partial charge in [0.15, 0.2) is 5.78 Å². The van der Waals surface area contributed by atoms with Gasteiger partial charge in [0.25, 0.3) is 0 Å². The van der Waals surface area contributed by atoms with Crippen LogP contribution in [0.4, 0.5) is 5.69 Å². The average molecular weight is 366 g/mol. The molecular formula is C20H18N2O5. The van der Waals surface area contributed by atoms with Crippen LogP contribution in [-0.2, 0) is 14.3 Å². The molecule has 2 aromatic rings. The molecule has 0 aromatic heterocycles. The van der Waals surface area contributed by atoms with Gasteiger partial charge in [-0.3, -0.25) is 9.80 Å². The van der Waals surface area contributed by atoms with E-state index >= 15 is 0 Å². The van der Waals surface area contributed by atoms with Crippen LogP contribution in [0.2, 0.25) is 0 Å². The van der Waals surface area contributed by atoms with Crippen molar-refractivity contribution in [3.63, 3.8) is 0 Å². The van der Waals surface area contributed by atoms with E-state index in [4.69, 9.17) is 9.47 Å². The van der Waals surface area contributed by atoms with Gasteiger partial charge in [0.05, 0.1) is 25.5 Å². The number of Topliss-reactive ketones (excluding diaryl/α,β-unsaturated/α-hetero) is 1. The Morgan fingerprint density at radius 2 is 1.56 bits per heavy atom. The van der Waals surface area contributed by atoms with Crippen LogP contribution in [0.25, 0.3) is 0 Å². The number of rotatable bonds is 5. The number of nitrogens with zero attached hydrogens (tertiary/aromatic N) is 2. The van der Waals surface area contributed by atoms with E-state index in [-0.39, 0.29) is 23.5 Å². The molecule has 1 aliphatic rings. The lowest BCUT2D eigenvalue weighted by Crippen LogP contribution is -2.35. The Hall–Kier alpha value is -3.48. The number of carbonyl (C=O) groups is 3. The highest BCUT2D eigenvalue weighted by Gasteiger charge is 2.38. The molecule has 0 N–H and O–H groups in total. The highest BCUT2D eigenvalue weighted by atomic mass is 16.5. The Morgan fingerprint density at radius 3 is 2.22 bits per heavy atom. The monoisotopic (exact) mass is 366 g/mol. The van der Waals surface area contributed by atoms with E-state index in [1.54, 1.807) is 48.5 Å². The summed E-state index contributed by atoms with van der Waals surface area (Å²) in [7, 11) is 2.53. The van der Waals surface area contributed by atoms with Crippen LogP contribution in [-0.4, -0.2) is 43.7 Å². The molecule has 27 heavy (non-hydrogen) atoms. The third-order valence-corrected chi connectivity index (χ3v) is 4.25. The second kappa shape index (κ2) is 7.82. The molecule has 0 spiro atoms. The average Bonchev–Trinajstić information content (AvgIpc) is 3.18. The van der Waals surface area contributed by atoms with Crippen LogP contribution in [0.5, 0.6) is 0 Å². The Bertz CT molecular complexity index is 908. The number of hydrazone groups is 1. The van der Waals surface area contributed by atoms with E-state index in [0.29, 0.717) is 11.3 Å². The van der Waals surface area contributed by atoms with Crippen LogP contribution in [0.15, 0.2) is 59.7 Å². The SMILES string of the molecule is COC(=O)C1=NN(c2ccccc2C(=O)OC)C(C(=O)c2ccccc2)C1. The molecule has 7 nitrogen and oxygen atoms in total. The van der Waals surface area contributed by atoms with Gasteiger partial charge >= 0.3 is 11.9 Å². The molecule has 138 valence electrons. The van der Waals surface area contributed by atoms with Gasteiger partial charge < -0.3 is 9.47 Å². The zero-order valence-corrected chi connectivity index (χ0v) is 14.9. The number of hydrogen-bond donors (Lipinski definition) is 0. The van der Waals surface area contributed by atoms with Gasteiger partial charge in [0.2, 0.25) is 0 Å². The lowest BCUT2D eigenvalue weighted by Gasteiger charge is -2.24. The van der Waals surface area contributed by atoms with Crippen molar-refractivity contribution in [2.24, 2.45) is 5.10 Å². The first-order valence-corrected chi connectivity index (χ1v) is 8.28. The second-order valence-electron chi connectivity index (χ2n) is 5.84. The van der Waals surface area contributed by atoms with Crippen molar-refractivity contribution in [1.82, 2.24) is 0 Å². The highest BCUT2D eigenvalue weighted by Crippen LogP contribution is 2.30. The molecule has 1 heterocycles. The summed E-state index contributed by atoms with van der Waals surface area (Å²) >= 11 is 0. The molecule has 0 fully saturated rings. The fourth-order valence-electron chi connectivity index (χ4n) is 2.93. The van der Waals surface area contributed by atoms with Crippen LogP contribution < -0.4 is 5.01 Å². The summed E-state index contributed by atoms with van der Waals surface area (Å²) in [6.07, 6.45) is 0.0793. The van der Waals surface area contributed by atoms with Crippen LogP contribution in [0.1, 0.15) is 27.1 Å². The number of benzene rings is 2. The van der Waals surface area contributed by atoms with E-state index in [9.17, 15) is 14.4 Å². The Labute approximate surface area is 156 Å². The maximum absolute atomic E-state index is 13.1. The van der Waals surface area contributed by atoms with Gasteiger partial charge in [-0.15, -0.1) is 0 Å². The largest absolute Gasteiger partial charge is 0.465 e. The molecule has 1 atom stereocenters. The summed E-state index contributed by atoms with van der Waals surface area (Å²) in [5.41, 5.74) is 1.24. The van der Waals surface area contributed by atoms with Gasteiger partial charge in [-0.1, -0.05) is 42.5 Å². The number of para-hydroxylation sites is 1. The molecule has 0 saturated carbocycles. The molecule has 2 aromatic carbocycles. The summed E-state index contributed by atoms with van der Waals surface area (Å²) in [6, 6.07) is 14.6. The minimum atomic E-state index is -0.771. The molecular weight excluding hydrogens is 348 g/mol. The number of ketones is 1. The first-order chi connectivity index (χ1) is 13.1. The van der Waals surface area contributed by atoms with Crippen molar-refractivity contribution in [1.29, 1.82) is 0 Å². The van der Waals surface area contributed by atoms with E-state index in [1.807, 2.05) is 6.07 Å². The van der Waals surface area contributed by atoms with E-state index in [0.717, 1.165) is 0 Å². The lowest BCUT2D eigenvalue weighted by atomic mass is 9.99. The number of hydrogen-bond acceptors (Lipinski definition) is 7. The number of methoxy groups -OCH3 is 2. The van der Waals surface area contributed by atoms with Gasteiger partial charge in [-0.2, -0.15) is 5.10 Å². The fraction of sp³-hybridized carbons (Fsp3) is 0.200. The molecule has 1 aliphatic heterocycles. The minimum absolute atomic E-state index is 0.0793. The van der Waals surface area contributed by atoms with Crippen molar-refractivity contribution in [2.45, 2.75) is 12.5 Å². The number of carbonyl (C=O) groups excluding carboxylic acids is 3. The van der Waals surface area contributed by atoms with Crippen molar-refractivity contribution in [3.05, 3.63) is 65.7 Å². The molecule has 0 aliphatic carbocycles. The summed E-state index contributed by atoms with van der Waals surface area (Å²) in [6.45, 7) is 0. The van der Waals surface area contributed by atoms with Crippen molar-refractivity contribution < 1.29 is 23.9 Å². The first kappa shape index (κ1) is 18.3. The summed E-state index contributed by atoms with van der Waals surface area (Å²) in [4.78, 5) is 37.2. The lowest BCUT2D eigenvalue weighted by molar-refractivity contribution is -0.132. The van der Waals surface area contributed by atoms with Crippen LogP contribution in [0, 0.1) is 0 Å². The quantitative estimate of drug-likeness (QED) is 0.597. The predicted octanol–water partition coefficient (Wildman–Crippen LogP) is 2.46. The van der Waals surface area contributed by atoms with Gasteiger partial charge in [-0.05, 0) is 12.1 Å². The standard InChI is InChI=1S/C20H18N2O5/c1-26-19(24)14-10-6-7-11-16(14)22-17(12-15(21-22)20(25)27-2)18(23)13-8-4-3-5-9-13/h3-11,17H,12H2,1-2H3. The molecule has 0 radical (unpaired) electrons. The summed E-state index contributed by atoms with van der Waals surface area (Å²) < 4.78 is 9.57. The van der Waals surface area contributed by atoms with Gasteiger partial charge in [-0.25, -0.2) is 9.59 Å². The zero-order valence-electron chi connectivity index (χ0n) is 14.9. The third kappa shape index (κ3) is 3.57. The topological polar surface area (TPSA) is 85.3 Å². The zero-order chi connectivity index (χ0) is 19.4.